The number of fused-ring (bicyclic) bond motifs is 1. The van der Waals surface area contributed by atoms with Gasteiger partial charge in [0.15, 0.2) is 10.7 Å². The average molecular weight is 431 g/mol. The molecule has 4 rings (SSSR count). The molecule has 2 heterocycles. The Morgan fingerprint density at radius 1 is 1.00 bits per heavy atom. The summed E-state index contributed by atoms with van der Waals surface area (Å²) < 4.78 is 53.4. The Hall–Kier alpha value is -3.20. The van der Waals surface area contributed by atoms with Crippen LogP contribution in [0.5, 0.6) is 0 Å². The first kappa shape index (κ1) is 20.1. The number of aromatic nitrogens is 3. The van der Waals surface area contributed by atoms with Crippen LogP contribution in [0.3, 0.4) is 0 Å². The van der Waals surface area contributed by atoms with Crippen LogP contribution < -0.4 is 5.56 Å². The largest absolute Gasteiger partial charge is 0.416 e. The number of nitrogens with zero attached hydrogens (tertiary/aromatic N) is 3. The van der Waals surface area contributed by atoms with Crippen LogP contribution in [0.4, 0.5) is 17.6 Å². The van der Waals surface area contributed by atoms with Crippen molar-refractivity contribution in [1.82, 2.24) is 14.5 Å². The van der Waals surface area contributed by atoms with Crippen LogP contribution in [-0.4, -0.2) is 14.5 Å². The van der Waals surface area contributed by atoms with Gasteiger partial charge in [-0.05, 0) is 54.1 Å². The molecule has 0 saturated carbocycles. The number of thioether (sulfide) groups is 1. The van der Waals surface area contributed by atoms with Gasteiger partial charge in [0.05, 0.1) is 16.8 Å². The highest BCUT2D eigenvalue weighted by Crippen LogP contribution is 2.30. The Morgan fingerprint density at radius 3 is 2.47 bits per heavy atom. The van der Waals surface area contributed by atoms with Crippen molar-refractivity contribution in [2.24, 2.45) is 0 Å². The second kappa shape index (κ2) is 7.91. The number of pyridine rings is 1. The minimum Gasteiger partial charge on any atom is -0.266 e. The molecule has 0 saturated heterocycles. The Morgan fingerprint density at radius 2 is 1.77 bits per heavy atom. The first-order chi connectivity index (χ1) is 14.3. The van der Waals surface area contributed by atoms with E-state index in [1.54, 1.807) is 24.3 Å². The van der Waals surface area contributed by atoms with Crippen LogP contribution in [0.1, 0.15) is 11.1 Å². The normalized spacial score (nSPS) is 11.7. The minimum absolute atomic E-state index is 0.104. The Labute approximate surface area is 172 Å². The molecule has 0 atom stereocenters. The van der Waals surface area contributed by atoms with E-state index in [9.17, 15) is 22.4 Å². The van der Waals surface area contributed by atoms with Crippen LogP contribution in [-0.2, 0) is 11.9 Å². The summed E-state index contributed by atoms with van der Waals surface area (Å²) in [6.07, 6.45) is -3.04. The zero-order valence-electron chi connectivity index (χ0n) is 15.2. The predicted molar refractivity (Wildman–Crippen MR) is 106 cm³/mol. The summed E-state index contributed by atoms with van der Waals surface area (Å²) in [5, 5.41) is 0.268. The molecule has 2 aromatic carbocycles. The van der Waals surface area contributed by atoms with Crippen molar-refractivity contribution in [3.8, 4) is 5.69 Å². The molecule has 0 spiro atoms. The Bertz CT molecular complexity index is 1270. The molecular formula is C21H13F4N3OS. The smallest absolute Gasteiger partial charge is 0.266 e. The third-order valence-electron chi connectivity index (χ3n) is 4.31. The Kier molecular flexibility index (Phi) is 5.29. The monoisotopic (exact) mass is 431 g/mol. The zero-order chi connectivity index (χ0) is 21.3. The number of rotatable bonds is 4. The molecule has 0 aliphatic carbocycles. The maximum atomic E-state index is 13.5. The maximum Gasteiger partial charge on any atom is 0.416 e. The lowest BCUT2D eigenvalue weighted by Crippen LogP contribution is -2.22. The summed E-state index contributed by atoms with van der Waals surface area (Å²) in [7, 11) is 0. The van der Waals surface area contributed by atoms with Gasteiger partial charge in [0, 0.05) is 11.9 Å². The fourth-order valence-corrected chi connectivity index (χ4v) is 3.85. The van der Waals surface area contributed by atoms with Gasteiger partial charge in [-0.1, -0.05) is 23.9 Å². The highest BCUT2D eigenvalue weighted by molar-refractivity contribution is 7.98. The minimum atomic E-state index is -4.48. The van der Waals surface area contributed by atoms with E-state index in [1.165, 1.54) is 46.8 Å². The summed E-state index contributed by atoms with van der Waals surface area (Å²) >= 11 is 1.18. The molecule has 9 heteroatoms. The molecule has 0 aliphatic rings. The van der Waals surface area contributed by atoms with Gasteiger partial charge in [-0.15, -0.1) is 0 Å². The summed E-state index contributed by atoms with van der Waals surface area (Å²) in [6.45, 7) is 0. The van der Waals surface area contributed by atoms with E-state index in [1.807, 2.05) is 0 Å². The van der Waals surface area contributed by atoms with Crippen molar-refractivity contribution in [2.45, 2.75) is 17.1 Å². The van der Waals surface area contributed by atoms with E-state index in [-0.39, 0.29) is 22.2 Å². The summed E-state index contributed by atoms with van der Waals surface area (Å²) in [6, 6.07) is 13.5. The van der Waals surface area contributed by atoms with E-state index in [4.69, 9.17) is 0 Å². The standard InChI is InChI=1S/C21H13F4N3OS/c22-15-4-1-3-13(11-15)12-30-20-27-17-5-2-10-26-18(17)19(29)28(20)16-8-6-14(7-9-16)21(23,24)25/h1-11H,12H2. The van der Waals surface area contributed by atoms with Gasteiger partial charge in [0.1, 0.15) is 5.82 Å². The SMILES string of the molecule is O=c1c2ncccc2nc(SCc2cccc(F)c2)n1-c1ccc(C(F)(F)F)cc1. The highest BCUT2D eigenvalue weighted by atomic mass is 32.2. The fourth-order valence-electron chi connectivity index (χ4n) is 2.90. The van der Waals surface area contributed by atoms with E-state index < -0.39 is 17.3 Å². The van der Waals surface area contributed by atoms with Crippen molar-refractivity contribution in [2.75, 3.05) is 0 Å². The molecule has 0 unspecified atom stereocenters. The molecular weight excluding hydrogens is 418 g/mol. The summed E-state index contributed by atoms with van der Waals surface area (Å²) in [5.41, 5.74) is 0.0661. The van der Waals surface area contributed by atoms with Crippen molar-refractivity contribution in [1.29, 1.82) is 0 Å². The summed E-state index contributed by atoms with van der Waals surface area (Å²) in [4.78, 5) is 21.6. The van der Waals surface area contributed by atoms with Crippen LogP contribution in [0, 0.1) is 5.82 Å². The van der Waals surface area contributed by atoms with Crippen molar-refractivity contribution < 1.29 is 17.6 Å². The van der Waals surface area contributed by atoms with Gasteiger partial charge in [-0.3, -0.25) is 9.36 Å². The molecule has 2 aromatic heterocycles. The van der Waals surface area contributed by atoms with E-state index in [0.29, 0.717) is 16.8 Å². The zero-order valence-corrected chi connectivity index (χ0v) is 16.0. The van der Waals surface area contributed by atoms with Gasteiger partial charge in [-0.25, -0.2) is 14.4 Å². The molecule has 4 aromatic rings. The lowest BCUT2D eigenvalue weighted by molar-refractivity contribution is -0.137. The summed E-state index contributed by atoms with van der Waals surface area (Å²) in [5.74, 6) is -0.0692. The first-order valence-electron chi connectivity index (χ1n) is 8.75. The fraction of sp³-hybridized carbons (Fsp3) is 0.0952. The Balaban J connectivity index is 1.81. The second-order valence-corrected chi connectivity index (χ2v) is 7.31. The van der Waals surface area contributed by atoms with Crippen LogP contribution in [0.2, 0.25) is 0 Å². The average Bonchev–Trinajstić information content (AvgIpc) is 2.72. The number of hydrogen-bond acceptors (Lipinski definition) is 4. The van der Waals surface area contributed by atoms with Crippen molar-refractivity contribution in [3.63, 3.8) is 0 Å². The predicted octanol–water partition coefficient (Wildman–Crippen LogP) is 5.23. The molecule has 0 bridgehead atoms. The maximum absolute atomic E-state index is 13.5. The van der Waals surface area contributed by atoms with Crippen LogP contribution >= 0.6 is 11.8 Å². The van der Waals surface area contributed by atoms with Gasteiger partial charge in [0.25, 0.3) is 5.56 Å². The van der Waals surface area contributed by atoms with Gasteiger partial charge in [0.2, 0.25) is 0 Å². The molecule has 0 fully saturated rings. The first-order valence-corrected chi connectivity index (χ1v) is 9.74. The number of hydrogen-bond donors (Lipinski definition) is 0. The van der Waals surface area contributed by atoms with Crippen molar-refractivity contribution in [3.05, 3.63) is 94.2 Å². The quantitative estimate of drug-likeness (QED) is 0.252. The molecule has 0 aliphatic heterocycles. The number of alkyl halides is 3. The molecule has 0 amide bonds. The van der Waals surface area contributed by atoms with Gasteiger partial charge >= 0.3 is 6.18 Å². The van der Waals surface area contributed by atoms with E-state index >= 15 is 0 Å². The highest BCUT2D eigenvalue weighted by Gasteiger charge is 2.30. The third-order valence-corrected chi connectivity index (χ3v) is 5.32. The van der Waals surface area contributed by atoms with E-state index in [0.717, 1.165) is 12.1 Å². The lowest BCUT2D eigenvalue weighted by Gasteiger charge is -2.14. The van der Waals surface area contributed by atoms with Gasteiger partial charge in [-0.2, -0.15) is 13.2 Å². The third kappa shape index (κ3) is 4.06. The molecule has 0 radical (unpaired) electrons. The molecule has 152 valence electrons. The second-order valence-electron chi connectivity index (χ2n) is 6.37. The molecule has 0 N–H and O–H groups in total. The van der Waals surface area contributed by atoms with Gasteiger partial charge < -0.3 is 0 Å². The van der Waals surface area contributed by atoms with Crippen molar-refractivity contribution >= 4 is 22.8 Å². The van der Waals surface area contributed by atoms with Crippen LogP contribution in [0.25, 0.3) is 16.7 Å². The number of halogens is 4. The topological polar surface area (TPSA) is 47.8 Å². The van der Waals surface area contributed by atoms with E-state index in [2.05, 4.69) is 9.97 Å². The lowest BCUT2D eigenvalue weighted by atomic mass is 10.2. The molecule has 4 nitrogen and oxygen atoms in total. The molecule has 30 heavy (non-hydrogen) atoms. The van der Waals surface area contributed by atoms with Crippen LogP contribution in [0.15, 0.2) is 76.8 Å². The number of benzene rings is 2.